The fourth-order valence-electron chi connectivity index (χ4n) is 3.44. The molecule has 0 aliphatic heterocycles. The van der Waals surface area contributed by atoms with Gasteiger partial charge in [-0.05, 0) is 44.9 Å². The molecule has 0 heterocycles. The summed E-state index contributed by atoms with van der Waals surface area (Å²) in [5.74, 6) is -2.86. The number of aryl methyl sites for hydroxylation is 1. The van der Waals surface area contributed by atoms with Crippen molar-refractivity contribution >= 4 is 27.5 Å². The van der Waals surface area contributed by atoms with Gasteiger partial charge in [-0.1, -0.05) is 29.8 Å². The third-order valence-electron chi connectivity index (χ3n) is 5.34. The van der Waals surface area contributed by atoms with E-state index in [2.05, 4.69) is 5.32 Å². The van der Waals surface area contributed by atoms with Crippen LogP contribution in [0.15, 0.2) is 42.5 Å². The molecule has 0 bridgehead atoms. The number of benzene rings is 2. The summed E-state index contributed by atoms with van der Waals surface area (Å²) in [5.41, 5.74) is 1.90. The quantitative estimate of drug-likeness (QED) is 0.518. The lowest BCUT2D eigenvalue weighted by Crippen LogP contribution is -2.47. The highest BCUT2D eigenvalue weighted by Crippen LogP contribution is 2.21. The first-order valence-electron chi connectivity index (χ1n) is 11.0. The molecule has 0 aliphatic rings. The van der Waals surface area contributed by atoms with Crippen molar-refractivity contribution in [2.75, 3.05) is 23.7 Å². The number of hydrogen-bond acceptors (Lipinski definition) is 4. The van der Waals surface area contributed by atoms with Crippen molar-refractivity contribution in [3.05, 3.63) is 65.2 Å². The summed E-state index contributed by atoms with van der Waals surface area (Å²) in [6.45, 7) is 5.91. The van der Waals surface area contributed by atoms with E-state index < -0.39 is 27.7 Å². The minimum Gasteiger partial charge on any atom is -0.355 e. The third-order valence-corrected chi connectivity index (χ3v) is 6.53. The molecule has 0 fully saturated rings. The molecule has 34 heavy (non-hydrogen) atoms. The third kappa shape index (κ3) is 7.51. The van der Waals surface area contributed by atoms with Crippen molar-refractivity contribution in [2.24, 2.45) is 0 Å². The number of hydrogen-bond donors (Lipinski definition) is 1. The number of carbonyl (C=O) groups excluding carboxylic acids is 2. The highest BCUT2D eigenvalue weighted by molar-refractivity contribution is 7.92. The number of likely N-dealkylation sites (N-methyl/N-ethyl adjacent to an activating group) is 1. The Labute approximate surface area is 199 Å². The van der Waals surface area contributed by atoms with Crippen molar-refractivity contribution in [1.29, 1.82) is 0 Å². The first kappa shape index (κ1) is 27.2. The van der Waals surface area contributed by atoms with Crippen molar-refractivity contribution in [3.63, 3.8) is 0 Å². The smallest absolute Gasteiger partial charge is 0.242 e. The molecule has 2 aromatic carbocycles. The van der Waals surface area contributed by atoms with Crippen LogP contribution in [-0.4, -0.2) is 50.5 Å². The number of nitrogens with zero attached hydrogens (tertiary/aromatic N) is 2. The molecule has 0 radical (unpaired) electrons. The maximum absolute atomic E-state index is 13.6. The molecular weight excluding hydrogens is 464 g/mol. The van der Waals surface area contributed by atoms with Gasteiger partial charge in [-0.3, -0.25) is 13.9 Å². The Morgan fingerprint density at radius 1 is 1.06 bits per heavy atom. The van der Waals surface area contributed by atoms with Crippen LogP contribution in [0.2, 0.25) is 0 Å². The molecule has 186 valence electrons. The fourth-order valence-corrected chi connectivity index (χ4v) is 4.40. The highest BCUT2D eigenvalue weighted by Gasteiger charge is 2.26. The lowest BCUT2D eigenvalue weighted by atomic mass is 10.1. The second kappa shape index (κ2) is 11.9. The zero-order valence-corrected chi connectivity index (χ0v) is 20.7. The van der Waals surface area contributed by atoms with E-state index in [-0.39, 0.29) is 43.4 Å². The van der Waals surface area contributed by atoms with Crippen LogP contribution >= 0.6 is 0 Å². The van der Waals surface area contributed by atoms with Crippen LogP contribution in [0, 0.1) is 18.6 Å². The molecule has 2 rings (SSSR count). The van der Waals surface area contributed by atoms with E-state index in [4.69, 9.17) is 0 Å². The first-order chi connectivity index (χ1) is 15.9. The molecule has 10 heteroatoms. The van der Waals surface area contributed by atoms with Gasteiger partial charge in [0.25, 0.3) is 0 Å². The Morgan fingerprint density at radius 2 is 1.71 bits per heavy atom. The van der Waals surface area contributed by atoms with Gasteiger partial charge in [0, 0.05) is 32.1 Å². The van der Waals surface area contributed by atoms with E-state index in [1.54, 1.807) is 13.8 Å². The van der Waals surface area contributed by atoms with Gasteiger partial charge in [0.05, 0.1) is 11.9 Å². The number of sulfonamides is 1. The minimum atomic E-state index is -3.80. The summed E-state index contributed by atoms with van der Waals surface area (Å²) in [4.78, 5) is 27.0. The molecule has 0 aliphatic carbocycles. The molecule has 0 saturated heterocycles. The second-order valence-corrected chi connectivity index (χ2v) is 10.0. The van der Waals surface area contributed by atoms with Crippen LogP contribution in [0.25, 0.3) is 0 Å². The van der Waals surface area contributed by atoms with Crippen molar-refractivity contribution in [3.8, 4) is 0 Å². The van der Waals surface area contributed by atoms with Crippen LogP contribution in [0.1, 0.15) is 37.8 Å². The predicted octanol–water partition coefficient (Wildman–Crippen LogP) is 3.37. The summed E-state index contributed by atoms with van der Waals surface area (Å²) in [6, 6.07) is 9.70. The normalized spacial score (nSPS) is 12.2. The lowest BCUT2D eigenvalue weighted by Gasteiger charge is -2.29. The van der Waals surface area contributed by atoms with Gasteiger partial charge in [-0.25, -0.2) is 17.2 Å². The summed E-state index contributed by atoms with van der Waals surface area (Å²) in [5, 5.41) is 2.71. The van der Waals surface area contributed by atoms with Crippen LogP contribution < -0.4 is 9.62 Å². The fraction of sp³-hybridized carbons (Fsp3) is 0.417. The minimum absolute atomic E-state index is 0.0268. The van der Waals surface area contributed by atoms with E-state index in [9.17, 15) is 26.8 Å². The topological polar surface area (TPSA) is 86.8 Å². The molecule has 7 nitrogen and oxygen atoms in total. The molecule has 0 saturated carbocycles. The molecule has 1 atom stereocenters. The standard InChI is InChI=1S/C24H31F2N3O4S/c1-5-27-24(31)18(3)28(16-19-10-8-17(2)9-11-19)23(30)7-6-14-29(34(4,32)33)20-12-13-21(25)22(26)15-20/h8-13,15,18H,5-7,14,16H2,1-4H3,(H,27,31)/t18-/m0/s1. The maximum atomic E-state index is 13.6. The Kier molecular flexibility index (Phi) is 9.55. The average Bonchev–Trinajstić information content (AvgIpc) is 2.77. The molecule has 0 spiro atoms. The van der Waals surface area contributed by atoms with Crippen LogP contribution in [0.4, 0.5) is 14.5 Å². The van der Waals surface area contributed by atoms with Gasteiger partial charge in [0.2, 0.25) is 21.8 Å². The number of carbonyl (C=O) groups is 2. The first-order valence-corrected chi connectivity index (χ1v) is 12.8. The molecule has 0 unspecified atom stereocenters. The Hall–Kier alpha value is -3.01. The molecule has 0 aromatic heterocycles. The summed E-state index contributed by atoms with van der Waals surface area (Å²) >= 11 is 0. The lowest BCUT2D eigenvalue weighted by molar-refractivity contribution is -0.140. The Balaban J connectivity index is 2.16. The maximum Gasteiger partial charge on any atom is 0.242 e. The van der Waals surface area contributed by atoms with Crippen molar-refractivity contribution in [2.45, 2.75) is 46.2 Å². The van der Waals surface area contributed by atoms with Gasteiger partial charge in [0.1, 0.15) is 6.04 Å². The molecule has 2 aromatic rings. The molecule has 1 N–H and O–H groups in total. The van der Waals surface area contributed by atoms with Gasteiger partial charge in [0.15, 0.2) is 11.6 Å². The SMILES string of the molecule is CCNC(=O)[C@H](C)N(Cc1ccc(C)cc1)C(=O)CCCN(c1ccc(F)c(F)c1)S(C)(=O)=O. The highest BCUT2D eigenvalue weighted by atomic mass is 32.2. The monoisotopic (exact) mass is 495 g/mol. The zero-order valence-electron chi connectivity index (χ0n) is 19.8. The van der Waals surface area contributed by atoms with Crippen molar-refractivity contribution < 1.29 is 26.8 Å². The van der Waals surface area contributed by atoms with Gasteiger partial charge in [-0.2, -0.15) is 0 Å². The molecule has 2 amide bonds. The summed E-state index contributed by atoms with van der Waals surface area (Å²) in [7, 11) is -3.80. The summed E-state index contributed by atoms with van der Waals surface area (Å²) in [6.07, 6.45) is 1.04. The van der Waals surface area contributed by atoms with Crippen LogP contribution in [-0.2, 0) is 26.2 Å². The van der Waals surface area contributed by atoms with Gasteiger partial charge >= 0.3 is 0 Å². The van der Waals surface area contributed by atoms with E-state index in [0.29, 0.717) is 6.54 Å². The number of amides is 2. The van der Waals surface area contributed by atoms with E-state index >= 15 is 0 Å². The number of halogens is 2. The van der Waals surface area contributed by atoms with Gasteiger partial charge < -0.3 is 10.2 Å². The number of nitrogens with one attached hydrogen (secondary N) is 1. The van der Waals surface area contributed by atoms with Crippen molar-refractivity contribution in [1.82, 2.24) is 10.2 Å². The second-order valence-electron chi connectivity index (χ2n) is 8.11. The van der Waals surface area contributed by atoms with Crippen LogP contribution in [0.3, 0.4) is 0 Å². The Morgan fingerprint density at radius 3 is 2.26 bits per heavy atom. The van der Waals surface area contributed by atoms with Gasteiger partial charge in [-0.15, -0.1) is 0 Å². The largest absolute Gasteiger partial charge is 0.355 e. The molecular formula is C24H31F2N3O4S. The zero-order chi connectivity index (χ0) is 25.5. The van der Waals surface area contributed by atoms with E-state index in [1.165, 1.54) is 11.0 Å². The van der Waals surface area contributed by atoms with E-state index in [0.717, 1.165) is 33.8 Å². The Bertz CT molecular complexity index is 1110. The number of rotatable bonds is 11. The van der Waals surface area contributed by atoms with Crippen LogP contribution in [0.5, 0.6) is 0 Å². The predicted molar refractivity (Wildman–Crippen MR) is 128 cm³/mol. The number of anilines is 1. The average molecular weight is 496 g/mol. The van der Waals surface area contributed by atoms with E-state index in [1.807, 2.05) is 31.2 Å². The summed E-state index contributed by atoms with van der Waals surface area (Å²) < 4.78 is 52.3.